The van der Waals surface area contributed by atoms with Crippen molar-refractivity contribution in [2.24, 2.45) is 0 Å². The summed E-state index contributed by atoms with van der Waals surface area (Å²) in [6, 6.07) is 12.5. The summed E-state index contributed by atoms with van der Waals surface area (Å²) in [6.07, 6.45) is -0.649. The van der Waals surface area contributed by atoms with Gasteiger partial charge in [0.15, 0.2) is 11.5 Å². The lowest BCUT2D eigenvalue weighted by atomic mass is 10.1. The minimum atomic E-state index is -0.823. The summed E-state index contributed by atoms with van der Waals surface area (Å²) in [5.41, 5.74) is 1.42. The zero-order valence-electron chi connectivity index (χ0n) is 13.0. The van der Waals surface area contributed by atoms with Crippen LogP contribution in [0.3, 0.4) is 0 Å². The number of halogens is 1. The van der Waals surface area contributed by atoms with Crippen molar-refractivity contribution in [3.63, 3.8) is 0 Å². The number of aliphatic hydroxyl groups is 1. The number of carbonyl (C=O) groups is 1. The highest BCUT2D eigenvalue weighted by Gasteiger charge is 2.16. The third-order valence-corrected chi connectivity index (χ3v) is 4.12. The molecule has 0 saturated carbocycles. The zero-order chi connectivity index (χ0) is 16.9. The molecule has 1 heterocycles. The molecule has 24 heavy (non-hydrogen) atoms. The molecule has 3 rings (SSSR count). The molecule has 0 bridgehead atoms. The van der Waals surface area contributed by atoms with E-state index in [0.717, 1.165) is 5.56 Å². The molecule has 0 fully saturated rings. The summed E-state index contributed by atoms with van der Waals surface area (Å²) in [5.74, 6) is 1.08. The van der Waals surface area contributed by atoms with E-state index in [2.05, 4.69) is 5.32 Å². The molecule has 2 aromatic carbocycles. The van der Waals surface area contributed by atoms with Crippen molar-refractivity contribution in [2.75, 3.05) is 19.8 Å². The van der Waals surface area contributed by atoms with Gasteiger partial charge in [-0.25, -0.2) is 0 Å². The van der Waals surface area contributed by atoms with Crippen LogP contribution in [-0.2, 0) is 11.2 Å². The molecular weight excluding hydrogens is 330 g/mol. The largest absolute Gasteiger partial charge is 0.486 e. The van der Waals surface area contributed by atoms with Gasteiger partial charge in [0.1, 0.15) is 13.2 Å². The Kier molecular flexibility index (Phi) is 5.23. The van der Waals surface area contributed by atoms with Gasteiger partial charge in [0.05, 0.1) is 12.5 Å². The fourth-order valence-corrected chi connectivity index (χ4v) is 2.68. The van der Waals surface area contributed by atoms with Crippen LogP contribution in [0.2, 0.25) is 5.02 Å². The number of amides is 1. The van der Waals surface area contributed by atoms with E-state index in [-0.39, 0.29) is 18.9 Å². The van der Waals surface area contributed by atoms with Crippen molar-refractivity contribution >= 4 is 17.5 Å². The van der Waals surface area contributed by atoms with Crippen molar-refractivity contribution in [3.05, 3.63) is 58.6 Å². The molecule has 1 unspecified atom stereocenters. The molecule has 5 nitrogen and oxygen atoms in total. The topological polar surface area (TPSA) is 67.8 Å². The van der Waals surface area contributed by atoms with Gasteiger partial charge in [0.25, 0.3) is 0 Å². The first-order chi connectivity index (χ1) is 11.6. The van der Waals surface area contributed by atoms with Crippen molar-refractivity contribution in [3.8, 4) is 11.5 Å². The van der Waals surface area contributed by atoms with E-state index in [0.29, 0.717) is 35.3 Å². The first-order valence-electron chi connectivity index (χ1n) is 7.71. The van der Waals surface area contributed by atoms with E-state index in [1.54, 1.807) is 30.3 Å². The van der Waals surface area contributed by atoms with Gasteiger partial charge in [0, 0.05) is 11.6 Å². The molecule has 1 atom stereocenters. The Balaban J connectivity index is 1.56. The van der Waals surface area contributed by atoms with Gasteiger partial charge in [-0.3, -0.25) is 4.79 Å². The lowest BCUT2D eigenvalue weighted by molar-refractivity contribution is -0.120. The summed E-state index contributed by atoms with van der Waals surface area (Å²) in [4.78, 5) is 12.0. The molecule has 0 aliphatic carbocycles. The zero-order valence-corrected chi connectivity index (χ0v) is 13.8. The van der Waals surface area contributed by atoms with Crippen LogP contribution in [0.25, 0.3) is 0 Å². The summed E-state index contributed by atoms with van der Waals surface area (Å²) in [7, 11) is 0. The van der Waals surface area contributed by atoms with Crippen LogP contribution >= 0.6 is 11.6 Å². The van der Waals surface area contributed by atoms with Crippen LogP contribution < -0.4 is 14.8 Å². The summed E-state index contributed by atoms with van der Waals surface area (Å²) >= 11 is 6.04. The van der Waals surface area contributed by atoms with Crippen molar-refractivity contribution in [1.29, 1.82) is 0 Å². The van der Waals surface area contributed by atoms with Crippen molar-refractivity contribution in [1.82, 2.24) is 5.32 Å². The van der Waals surface area contributed by atoms with Gasteiger partial charge in [-0.15, -0.1) is 0 Å². The Labute approximate surface area is 145 Å². The fourth-order valence-electron chi connectivity index (χ4n) is 2.47. The van der Waals surface area contributed by atoms with E-state index in [1.807, 2.05) is 12.1 Å². The van der Waals surface area contributed by atoms with Gasteiger partial charge in [-0.2, -0.15) is 0 Å². The quantitative estimate of drug-likeness (QED) is 0.872. The molecule has 126 valence electrons. The Morgan fingerprint density at radius 2 is 1.92 bits per heavy atom. The molecule has 6 heteroatoms. The van der Waals surface area contributed by atoms with Crippen LogP contribution in [0.5, 0.6) is 11.5 Å². The molecule has 0 saturated heterocycles. The third-order valence-electron chi connectivity index (χ3n) is 3.75. The second kappa shape index (κ2) is 7.55. The van der Waals surface area contributed by atoms with Gasteiger partial charge < -0.3 is 19.9 Å². The maximum absolute atomic E-state index is 12.0. The second-order valence-electron chi connectivity index (χ2n) is 5.49. The number of fused-ring (bicyclic) bond motifs is 1. The highest BCUT2D eigenvalue weighted by Crippen LogP contribution is 2.32. The number of benzene rings is 2. The number of hydrogen-bond acceptors (Lipinski definition) is 4. The fraction of sp³-hybridized carbons (Fsp3) is 0.278. The van der Waals surface area contributed by atoms with Gasteiger partial charge >= 0.3 is 0 Å². The lowest BCUT2D eigenvalue weighted by Gasteiger charge is -2.20. The van der Waals surface area contributed by atoms with Crippen molar-refractivity contribution < 1.29 is 19.4 Å². The molecule has 0 aromatic heterocycles. The van der Waals surface area contributed by atoms with Crippen LogP contribution in [0.4, 0.5) is 0 Å². The van der Waals surface area contributed by atoms with Gasteiger partial charge in [-0.05, 0) is 29.3 Å². The number of carbonyl (C=O) groups excluding carboxylic acids is 1. The molecule has 2 aromatic rings. The average Bonchev–Trinajstić information content (AvgIpc) is 2.61. The Morgan fingerprint density at radius 3 is 2.71 bits per heavy atom. The number of ether oxygens (including phenoxy) is 2. The third kappa shape index (κ3) is 3.99. The Morgan fingerprint density at radius 1 is 1.17 bits per heavy atom. The molecular formula is C18H18ClNO4. The predicted molar refractivity (Wildman–Crippen MR) is 90.6 cm³/mol. The molecule has 1 aliphatic heterocycles. The van der Waals surface area contributed by atoms with Gasteiger partial charge in [0.2, 0.25) is 5.91 Å². The monoisotopic (exact) mass is 347 g/mol. The highest BCUT2D eigenvalue weighted by atomic mass is 35.5. The Bertz CT molecular complexity index is 735. The summed E-state index contributed by atoms with van der Waals surface area (Å²) < 4.78 is 10.9. The molecule has 1 amide bonds. The van der Waals surface area contributed by atoms with E-state index < -0.39 is 6.10 Å². The number of rotatable bonds is 5. The maximum atomic E-state index is 12.0. The maximum Gasteiger partial charge on any atom is 0.224 e. The molecule has 0 radical (unpaired) electrons. The van der Waals surface area contributed by atoms with Crippen LogP contribution in [0, 0.1) is 0 Å². The molecule has 2 N–H and O–H groups in total. The number of hydrogen-bond donors (Lipinski definition) is 2. The minimum Gasteiger partial charge on any atom is -0.486 e. The van der Waals surface area contributed by atoms with Crippen molar-refractivity contribution in [2.45, 2.75) is 12.5 Å². The van der Waals surface area contributed by atoms with E-state index in [1.165, 1.54) is 0 Å². The van der Waals surface area contributed by atoms with Gasteiger partial charge in [-0.1, -0.05) is 35.9 Å². The summed E-state index contributed by atoms with van der Waals surface area (Å²) in [5, 5.41) is 13.5. The van der Waals surface area contributed by atoms with Crippen LogP contribution in [0.1, 0.15) is 17.2 Å². The number of aliphatic hydroxyl groups excluding tert-OH is 1. The van der Waals surface area contributed by atoms with E-state index in [4.69, 9.17) is 21.1 Å². The normalized spacial score (nSPS) is 14.1. The summed E-state index contributed by atoms with van der Waals surface area (Å²) in [6.45, 7) is 1.12. The predicted octanol–water partition coefficient (Wildman–Crippen LogP) is 2.50. The highest BCUT2D eigenvalue weighted by molar-refractivity contribution is 6.31. The van der Waals surface area contributed by atoms with E-state index >= 15 is 0 Å². The number of nitrogens with one attached hydrogen (secondary N) is 1. The smallest absolute Gasteiger partial charge is 0.224 e. The first-order valence-corrected chi connectivity index (χ1v) is 8.09. The second-order valence-corrected chi connectivity index (χ2v) is 5.90. The minimum absolute atomic E-state index is 0.114. The van der Waals surface area contributed by atoms with E-state index in [9.17, 15) is 9.90 Å². The average molecular weight is 348 g/mol. The first kappa shape index (κ1) is 16.6. The SMILES string of the molecule is O=C(Cc1ccccc1Cl)NCC(O)c1ccc2c(c1)OCCO2. The molecule has 0 spiro atoms. The standard InChI is InChI=1S/C18H18ClNO4/c19-14-4-2-1-3-12(14)10-18(22)20-11-15(21)13-5-6-16-17(9-13)24-8-7-23-16/h1-6,9,15,21H,7-8,10-11H2,(H,20,22). The lowest BCUT2D eigenvalue weighted by Crippen LogP contribution is -2.29. The molecule has 1 aliphatic rings. The van der Waals surface area contributed by atoms with Crippen LogP contribution in [-0.4, -0.2) is 30.8 Å². The van der Waals surface area contributed by atoms with Crippen LogP contribution in [0.15, 0.2) is 42.5 Å². The Hall–Kier alpha value is -2.24.